The molecule has 7 nitrogen and oxygen atoms in total. The third-order valence-corrected chi connectivity index (χ3v) is 3.86. The molecule has 134 valence electrons. The SMILES string of the molecule is CCCCCCCCOC(=O)/C=C/C(=O)N(C)CCS(=O)(=O)O. The maximum atomic E-state index is 11.6. The van der Waals surface area contributed by atoms with E-state index in [-0.39, 0.29) is 6.54 Å². The van der Waals surface area contributed by atoms with Crippen LogP contribution in [0.5, 0.6) is 0 Å². The molecule has 0 aliphatic carbocycles. The quantitative estimate of drug-likeness (QED) is 0.249. The topological polar surface area (TPSA) is 101 Å². The monoisotopic (exact) mass is 349 g/mol. The molecule has 0 aromatic carbocycles. The van der Waals surface area contributed by atoms with Gasteiger partial charge in [0.05, 0.1) is 12.4 Å². The maximum Gasteiger partial charge on any atom is 0.330 e. The van der Waals surface area contributed by atoms with Crippen LogP contribution in [0.2, 0.25) is 0 Å². The van der Waals surface area contributed by atoms with Crippen molar-refractivity contribution >= 4 is 22.0 Å². The van der Waals surface area contributed by atoms with Crippen LogP contribution in [-0.2, 0) is 24.4 Å². The van der Waals surface area contributed by atoms with Crippen molar-refractivity contribution in [2.24, 2.45) is 0 Å². The fourth-order valence-corrected chi connectivity index (χ4v) is 2.24. The maximum absolute atomic E-state index is 11.6. The normalized spacial score (nSPS) is 11.6. The van der Waals surface area contributed by atoms with E-state index in [0.717, 1.165) is 36.3 Å². The molecule has 0 heterocycles. The van der Waals surface area contributed by atoms with E-state index in [9.17, 15) is 18.0 Å². The van der Waals surface area contributed by atoms with E-state index in [1.807, 2.05) is 0 Å². The summed E-state index contributed by atoms with van der Waals surface area (Å²) in [5.41, 5.74) is 0. The lowest BCUT2D eigenvalue weighted by Crippen LogP contribution is -2.30. The van der Waals surface area contributed by atoms with Crippen LogP contribution >= 0.6 is 0 Å². The Morgan fingerprint density at radius 2 is 1.70 bits per heavy atom. The molecule has 0 radical (unpaired) electrons. The number of esters is 1. The summed E-state index contributed by atoms with van der Waals surface area (Å²) in [5, 5.41) is 0. The molecule has 0 aromatic rings. The largest absolute Gasteiger partial charge is 0.463 e. The van der Waals surface area contributed by atoms with Crippen molar-refractivity contribution in [3.8, 4) is 0 Å². The highest BCUT2D eigenvalue weighted by Gasteiger charge is 2.10. The first-order valence-corrected chi connectivity index (χ1v) is 9.42. The number of carbonyl (C=O) groups is 2. The summed E-state index contributed by atoms with van der Waals surface area (Å²) in [5.74, 6) is -1.69. The van der Waals surface area contributed by atoms with Gasteiger partial charge in [0.1, 0.15) is 0 Å². The standard InChI is InChI=1S/C15H27NO6S/c1-3-4-5-6-7-8-12-22-15(18)10-9-14(17)16(2)11-13-23(19,20)21/h9-10H,3-8,11-13H2,1-2H3,(H,19,20,21)/b10-9+. The number of unbranched alkanes of at least 4 members (excludes halogenated alkanes) is 5. The van der Waals surface area contributed by atoms with Crippen molar-refractivity contribution in [3.63, 3.8) is 0 Å². The minimum atomic E-state index is -4.12. The van der Waals surface area contributed by atoms with Gasteiger partial charge in [0.25, 0.3) is 10.1 Å². The number of ether oxygens (including phenoxy) is 1. The van der Waals surface area contributed by atoms with E-state index < -0.39 is 27.7 Å². The molecule has 0 spiro atoms. The lowest BCUT2D eigenvalue weighted by atomic mass is 10.1. The zero-order chi connectivity index (χ0) is 17.7. The fourth-order valence-electron chi connectivity index (χ4n) is 1.73. The predicted octanol–water partition coefficient (Wildman–Crippen LogP) is 1.79. The predicted molar refractivity (Wildman–Crippen MR) is 87.5 cm³/mol. The number of rotatable bonds is 12. The van der Waals surface area contributed by atoms with Crippen molar-refractivity contribution in [2.75, 3.05) is 26.0 Å². The smallest absolute Gasteiger partial charge is 0.330 e. The van der Waals surface area contributed by atoms with Crippen LogP contribution in [0.4, 0.5) is 0 Å². The second kappa shape index (κ2) is 12.1. The number of nitrogens with zero attached hydrogens (tertiary/aromatic N) is 1. The summed E-state index contributed by atoms with van der Waals surface area (Å²) in [6, 6.07) is 0. The Hall–Kier alpha value is -1.41. The van der Waals surface area contributed by atoms with Gasteiger partial charge in [-0.25, -0.2) is 4.79 Å². The molecule has 1 amide bonds. The number of carbonyl (C=O) groups excluding carboxylic acids is 2. The third-order valence-electron chi connectivity index (χ3n) is 3.17. The molecule has 0 aliphatic rings. The Labute approximate surface area is 138 Å². The van der Waals surface area contributed by atoms with Gasteiger partial charge >= 0.3 is 5.97 Å². The van der Waals surface area contributed by atoms with Gasteiger partial charge < -0.3 is 9.64 Å². The summed E-state index contributed by atoms with van der Waals surface area (Å²) >= 11 is 0. The molecule has 0 bridgehead atoms. The molecule has 0 aliphatic heterocycles. The average molecular weight is 349 g/mol. The van der Waals surface area contributed by atoms with Gasteiger partial charge in [0, 0.05) is 25.7 Å². The Bertz CT molecular complexity index is 486. The summed E-state index contributed by atoms with van der Waals surface area (Å²) in [7, 11) is -2.74. The van der Waals surface area contributed by atoms with Crippen LogP contribution in [0.1, 0.15) is 45.4 Å². The zero-order valence-corrected chi connectivity index (χ0v) is 14.7. The highest BCUT2D eigenvalue weighted by Crippen LogP contribution is 2.05. The molecule has 8 heteroatoms. The average Bonchev–Trinajstić information content (AvgIpc) is 2.48. The van der Waals surface area contributed by atoms with Gasteiger partial charge in [-0.3, -0.25) is 9.35 Å². The second-order valence-corrected chi connectivity index (χ2v) is 6.89. The Kier molecular flexibility index (Phi) is 11.3. The third kappa shape index (κ3) is 13.9. The Balaban J connectivity index is 3.87. The molecule has 0 unspecified atom stereocenters. The Morgan fingerprint density at radius 1 is 1.09 bits per heavy atom. The van der Waals surface area contributed by atoms with E-state index in [0.29, 0.717) is 6.61 Å². The van der Waals surface area contributed by atoms with Crippen LogP contribution in [0.25, 0.3) is 0 Å². The molecule has 0 saturated heterocycles. The molecule has 1 N–H and O–H groups in total. The van der Waals surface area contributed by atoms with Crippen molar-refractivity contribution in [2.45, 2.75) is 45.4 Å². The van der Waals surface area contributed by atoms with Gasteiger partial charge in [-0.05, 0) is 6.42 Å². The van der Waals surface area contributed by atoms with E-state index in [2.05, 4.69) is 6.92 Å². The molecule has 0 rings (SSSR count). The van der Waals surface area contributed by atoms with Crippen molar-refractivity contribution in [1.29, 1.82) is 0 Å². The summed E-state index contributed by atoms with van der Waals surface area (Å²) in [6.07, 6.45) is 8.56. The number of likely N-dealkylation sites (N-methyl/N-ethyl adjacent to an activating group) is 1. The number of amides is 1. The van der Waals surface area contributed by atoms with Crippen LogP contribution in [0, 0.1) is 0 Å². The molecule has 0 atom stereocenters. The molecule has 0 aromatic heterocycles. The first-order chi connectivity index (χ1) is 10.8. The van der Waals surface area contributed by atoms with E-state index in [4.69, 9.17) is 9.29 Å². The van der Waals surface area contributed by atoms with Crippen LogP contribution < -0.4 is 0 Å². The van der Waals surface area contributed by atoms with Gasteiger partial charge in [0.15, 0.2) is 0 Å². The van der Waals surface area contributed by atoms with E-state index >= 15 is 0 Å². The molecule has 0 fully saturated rings. The van der Waals surface area contributed by atoms with Gasteiger partial charge in [0.2, 0.25) is 5.91 Å². The molecular weight excluding hydrogens is 322 g/mol. The molecule has 23 heavy (non-hydrogen) atoms. The second-order valence-electron chi connectivity index (χ2n) is 5.31. The van der Waals surface area contributed by atoms with Gasteiger partial charge in [-0.15, -0.1) is 0 Å². The first-order valence-electron chi connectivity index (χ1n) is 7.81. The van der Waals surface area contributed by atoms with Crippen molar-refractivity contribution in [1.82, 2.24) is 4.90 Å². The van der Waals surface area contributed by atoms with Crippen LogP contribution in [-0.4, -0.2) is 55.7 Å². The lowest BCUT2D eigenvalue weighted by Gasteiger charge is -2.13. The van der Waals surface area contributed by atoms with Gasteiger partial charge in [-0.2, -0.15) is 8.42 Å². The molecular formula is C15H27NO6S. The van der Waals surface area contributed by atoms with E-state index in [1.165, 1.54) is 26.3 Å². The lowest BCUT2D eigenvalue weighted by molar-refractivity contribution is -0.138. The first kappa shape index (κ1) is 21.6. The summed E-state index contributed by atoms with van der Waals surface area (Å²) in [4.78, 5) is 24.1. The fraction of sp³-hybridized carbons (Fsp3) is 0.733. The van der Waals surface area contributed by atoms with Crippen molar-refractivity contribution < 1.29 is 27.3 Å². The van der Waals surface area contributed by atoms with Crippen LogP contribution in [0.15, 0.2) is 12.2 Å². The molecule has 0 saturated carbocycles. The Morgan fingerprint density at radius 3 is 2.30 bits per heavy atom. The van der Waals surface area contributed by atoms with Crippen molar-refractivity contribution in [3.05, 3.63) is 12.2 Å². The highest BCUT2D eigenvalue weighted by molar-refractivity contribution is 7.85. The van der Waals surface area contributed by atoms with E-state index in [1.54, 1.807) is 0 Å². The minimum Gasteiger partial charge on any atom is -0.463 e. The number of hydrogen-bond donors (Lipinski definition) is 1. The highest BCUT2D eigenvalue weighted by atomic mass is 32.2. The zero-order valence-electron chi connectivity index (χ0n) is 13.9. The number of hydrogen-bond acceptors (Lipinski definition) is 5. The van der Waals surface area contributed by atoms with Crippen LogP contribution in [0.3, 0.4) is 0 Å². The minimum absolute atomic E-state index is 0.158. The summed E-state index contributed by atoms with van der Waals surface area (Å²) < 4.78 is 34.7. The summed E-state index contributed by atoms with van der Waals surface area (Å²) in [6.45, 7) is 2.31. The van der Waals surface area contributed by atoms with Gasteiger partial charge in [-0.1, -0.05) is 39.0 Å².